The lowest BCUT2D eigenvalue weighted by molar-refractivity contribution is -0.142. The van der Waals surface area contributed by atoms with Crippen molar-refractivity contribution in [3.8, 4) is 0 Å². The number of hydrogen-bond donors (Lipinski definition) is 2. The van der Waals surface area contributed by atoms with E-state index in [4.69, 9.17) is 0 Å². The molecule has 1 aromatic rings. The van der Waals surface area contributed by atoms with E-state index in [1.54, 1.807) is 6.08 Å². The quantitative estimate of drug-likeness (QED) is 0.391. The minimum Gasteiger partial charge on any atom is -0.338 e. The van der Waals surface area contributed by atoms with Gasteiger partial charge in [-0.25, -0.2) is 4.79 Å². The van der Waals surface area contributed by atoms with Gasteiger partial charge in [0.15, 0.2) is 0 Å². The molecule has 5 rings (SSSR count). The molecular weight excluding hydrogens is 524 g/mol. The molecule has 3 unspecified atom stereocenters. The van der Waals surface area contributed by atoms with Crippen LogP contribution in [0.4, 0.5) is 36.8 Å². The summed E-state index contributed by atoms with van der Waals surface area (Å²) in [5, 5.41) is 5.02. The first-order valence-corrected chi connectivity index (χ1v) is 13.4. The van der Waals surface area contributed by atoms with Crippen molar-refractivity contribution in [1.82, 2.24) is 10.2 Å². The zero-order valence-electron chi connectivity index (χ0n) is 22.0. The molecule has 0 bridgehead atoms. The van der Waals surface area contributed by atoms with Crippen molar-refractivity contribution in [3.05, 3.63) is 41.5 Å². The van der Waals surface area contributed by atoms with Gasteiger partial charge >= 0.3 is 18.4 Å². The van der Waals surface area contributed by atoms with Crippen molar-refractivity contribution < 1.29 is 35.9 Å². The van der Waals surface area contributed by atoms with Crippen LogP contribution < -0.4 is 10.6 Å². The molecule has 0 saturated heterocycles. The number of amides is 3. The lowest BCUT2D eigenvalue weighted by atomic mass is 9.48. The van der Waals surface area contributed by atoms with Crippen LogP contribution in [0.25, 0.3) is 0 Å². The maximum atomic E-state index is 13.5. The highest BCUT2D eigenvalue weighted by molar-refractivity contribution is 5.90. The van der Waals surface area contributed by atoms with Crippen molar-refractivity contribution in [2.24, 2.45) is 28.6 Å². The van der Waals surface area contributed by atoms with Crippen LogP contribution >= 0.6 is 0 Å². The van der Waals surface area contributed by atoms with Gasteiger partial charge in [-0.05, 0) is 86.0 Å². The van der Waals surface area contributed by atoms with Crippen LogP contribution in [0.1, 0.15) is 63.5 Å². The first kappa shape index (κ1) is 27.8. The van der Waals surface area contributed by atoms with E-state index in [0.29, 0.717) is 36.3 Å². The van der Waals surface area contributed by atoms with Crippen molar-refractivity contribution in [2.45, 2.75) is 76.8 Å². The summed E-state index contributed by atoms with van der Waals surface area (Å²) in [4.78, 5) is 27.0. The maximum Gasteiger partial charge on any atom is 0.418 e. The van der Waals surface area contributed by atoms with Gasteiger partial charge < -0.3 is 15.5 Å². The van der Waals surface area contributed by atoms with Crippen LogP contribution in [0.3, 0.4) is 0 Å². The van der Waals surface area contributed by atoms with Crippen LogP contribution in [-0.2, 0) is 17.1 Å². The van der Waals surface area contributed by atoms with Gasteiger partial charge in [-0.1, -0.05) is 19.9 Å². The fraction of sp³-hybridized carbons (Fsp3) is 0.643. The summed E-state index contributed by atoms with van der Waals surface area (Å²) in [5.41, 5.74) is -4.08. The van der Waals surface area contributed by atoms with E-state index in [2.05, 4.69) is 30.6 Å². The number of anilines is 1. The Balaban J connectivity index is 1.32. The number of carbonyl (C=O) groups is 2. The Morgan fingerprint density at radius 1 is 0.974 bits per heavy atom. The standard InChI is InChI=1S/C28H33F6N3O2/c1-25-12-10-18-16(5-9-22-26(18,2)13-11-23(38)37(22)3)17(25)6-8-21(25)36-24(39)35-20-7-4-15(27(29,30)31)14-19(20)28(32,33)34/h4,7,11,13-14,16-18,21-22H,5-6,8-10,12H2,1-3H3,(H2,35,36,39)/t16?,17?,18?,21-,22+,25-,26+/m0/s1. The Morgan fingerprint density at radius 2 is 1.69 bits per heavy atom. The Morgan fingerprint density at radius 3 is 2.36 bits per heavy atom. The highest BCUT2D eigenvalue weighted by atomic mass is 19.4. The van der Waals surface area contributed by atoms with Gasteiger partial charge in [0.05, 0.1) is 16.8 Å². The predicted molar refractivity (Wildman–Crippen MR) is 132 cm³/mol. The number of rotatable bonds is 2. The minimum absolute atomic E-state index is 0.0193. The average Bonchev–Trinajstić information content (AvgIpc) is 3.16. The summed E-state index contributed by atoms with van der Waals surface area (Å²) in [7, 11) is 1.86. The maximum absolute atomic E-state index is 13.5. The van der Waals surface area contributed by atoms with Gasteiger partial charge in [0.25, 0.3) is 0 Å². The van der Waals surface area contributed by atoms with Gasteiger partial charge in [-0.3, -0.25) is 4.79 Å². The number of hydrogen-bond acceptors (Lipinski definition) is 2. The predicted octanol–water partition coefficient (Wildman–Crippen LogP) is 6.85. The highest BCUT2D eigenvalue weighted by Gasteiger charge is 2.60. The number of nitrogens with zero attached hydrogens (tertiary/aromatic N) is 1. The van der Waals surface area contributed by atoms with Crippen molar-refractivity contribution in [2.75, 3.05) is 12.4 Å². The van der Waals surface area contributed by atoms with E-state index in [1.165, 1.54) is 0 Å². The molecule has 11 heteroatoms. The third kappa shape index (κ3) is 4.59. The van der Waals surface area contributed by atoms with Crippen molar-refractivity contribution in [3.63, 3.8) is 0 Å². The highest BCUT2D eigenvalue weighted by Crippen LogP contribution is 2.64. The molecule has 1 heterocycles. The Kier molecular flexibility index (Phi) is 6.54. The van der Waals surface area contributed by atoms with Crippen LogP contribution in [-0.4, -0.2) is 36.0 Å². The van der Waals surface area contributed by atoms with Gasteiger partial charge in [-0.15, -0.1) is 0 Å². The Labute approximate surface area is 223 Å². The number of urea groups is 1. The molecular formula is C28H33F6N3O2. The largest absolute Gasteiger partial charge is 0.418 e. The number of halogens is 6. The first-order valence-electron chi connectivity index (χ1n) is 13.4. The Bertz CT molecular complexity index is 1200. The molecule has 3 aliphatic carbocycles. The molecule has 3 saturated carbocycles. The van der Waals surface area contributed by atoms with Gasteiger partial charge in [-0.2, -0.15) is 26.3 Å². The summed E-state index contributed by atoms with van der Waals surface area (Å²) in [6, 6.07) is 0.206. The molecule has 0 aromatic heterocycles. The SMILES string of the molecule is CN1C(=O)C=C[C@]2(C)C3CC[C@@]4(C)C(CC[C@@H]4NC(=O)Nc4ccc(C(F)(F)F)cc4C(F)(F)F)C3CC[C@@H]12. The number of fused-ring (bicyclic) bond motifs is 5. The molecule has 0 spiro atoms. The van der Waals surface area contributed by atoms with Gasteiger partial charge in [0.1, 0.15) is 0 Å². The van der Waals surface area contributed by atoms with Gasteiger partial charge in [0.2, 0.25) is 5.91 Å². The number of alkyl halides is 6. The third-order valence-electron chi connectivity index (χ3n) is 10.3. The smallest absolute Gasteiger partial charge is 0.338 e. The number of carbonyl (C=O) groups excluding carboxylic acids is 2. The summed E-state index contributed by atoms with van der Waals surface area (Å²) in [5.74, 6) is 1.12. The zero-order chi connectivity index (χ0) is 28.5. The normalized spacial score (nSPS) is 36.2. The summed E-state index contributed by atoms with van der Waals surface area (Å²) >= 11 is 0. The Hall–Kier alpha value is -2.72. The fourth-order valence-corrected chi connectivity index (χ4v) is 8.36. The molecule has 214 valence electrons. The van der Waals surface area contributed by atoms with Crippen LogP contribution in [0.2, 0.25) is 0 Å². The van der Waals surface area contributed by atoms with Crippen LogP contribution in [0, 0.1) is 28.6 Å². The number of likely N-dealkylation sites (N-methyl/N-ethyl adjacent to an activating group) is 1. The first-order chi connectivity index (χ1) is 18.1. The summed E-state index contributed by atoms with van der Waals surface area (Å²) in [6.45, 7) is 4.36. The van der Waals surface area contributed by atoms with E-state index < -0.39 is 35.2 Å². The minimum atomic E-state index is -5.08. The van der Waals surface area contributed by atoms with E-state index in [0.717, 1.165) is 32.1 Å². The summed E-state index contributed by atoms with van der Waals surface area (Å²) in [6.07, 6.45) is -1.12. The monoisotopic (exact) mass is 557 g/mol. The lowest BCUT2D eigenvalue weighted by Gasteiger charge is -2.60. The average molecular weight is 558 g/mol. The molecule has 1 aromatic carbocycles. The van der Waals surface area contributed by atoms with E-state index in [-0.39, 0.29) is 34.9 Å². The van der Waals surface area contributed by atoms with E-state index >= 15 is 0 Å². The van der Waals surface area contributed by atoms with E-state index in [1.807, 2.05) is 11.9 Å². The molecule has 2 N–H and O–H groups in total. The molecule has 3 amide bonds. The van der Waals surface area contributed by atoms with Gasteiger partial charge in [0, 0.05) is 24.5 Å². The number of nitrogens with one attached hydrogen (secondary N) is 2. The molecule has 39 heavy (non-hydrogen) atoms. The molecule has 5 nitrogen and oxygen atoms in total. The molecule has 3 fully saturated rings. The fourth-order valence-electron chi connectivity index (χ4n) is 8.36. The van der Waals surface area contributed by atoms with Crippen LogP contribution in [0.5, 0.6) is 0 Å². The second-order valence-corrected chi connectivity index (χ2v) is 12.1. The second-order valence-electron chi connectivity index (χ2n) is 12.1. The molecule has 7 atom stereocenters. The topological polar surface area (TPSA) is 61.4 Å². The van der Waals surface area contributed by atoms with Crippen LogP contribution in [0.15, 0.2) is 30.4 Å². The van der Waals surface area contributed by atoms with E-state index in [9.17, 15) is 35.9 Å². The summed E-state index contributed by atoms with van der Waals surface area (Å²) < 4.78 is 79.6. The number of benzene rings is 1. The lowest BCUT2D eigenvalue weighted by Crippen LogP contribution is -2.60. The van der Waals surface area contributed by atoms with Crippen molar-refractivity contribution >= 4 is 17.6 Å². The molecule has 4 aliphatic rings. The van der Waals surface area contributed by atoms with Crippen molar-refractivity contribution in [1.29, 1.82) is 0 Å². The molecule has 1 aliphatic heterocycles. The zero-order valence-corrected chi connectivity index (χ0v) is 22.0. The molecule has 0 radical (unpaired) electrons. The second kappa shape index (κ2) is 9.16. The third-order valence-corrected chi connectivity index (χ3v) is 10.3.